The second kappa shape index (κ2) is 6.58. The van der Waals surface area contributed by atoms with Crippen molar-refractivity contribution in [1.29, 1.82) is 0 Å². The first-order valence-corrected chi connectivity index (χ1v) is 5.57. The first kappa shape index (κ1) is 13.1. The Morgan fingerprint density at radius 1 is 1.53 bits per heavy atom. The van der Waals surface area contributed by atoms with E-state index in [1.807, 2.05) is 6.92 Å². The minimum atomic E-state index is -0.416. The molecule has 3 N–H and O–H groups in total. The molecule has 4 heteroatoms. The minimum absolute atomic E-state index is 0.0804. The van der Waals surface area contributed by atoms with Gasteiger partial charge in [-0.05, 0) is 30.7 Å². The molecule has 1 rings (SSSR count). The number of carbonyl (C=O) groups is 1. The number of ether oxygens (including phenoxy) is 1. The summed E-state index contributed by atoms with van der Waals surface area (Å²) in [6, 6.07) is 4.66. The van der Waals surface area contributed by atoms with Gasteiger partial charge in [0.15, 0.2) is 0 Å². The number of hydrogen-bond acceptors (Lipinski definition) is 4. The van der Waals surface area contributed by atoms with Gasteiger partial charge in [0.25, 0.3) is 0 Å². The molecular formula is C13H17NO3. The Hall–Kier alpha value is -1.97. The Morgan fingerprint density at radius 3 is 3.00 bits per heavy atom. The van der Waals surface area contributed by atoms with Crippen LogP contribution in [0.15, 0.2) is 24.3 Å². The van der Waals surface area contributed by atoms with Crippen LogP contribution in [0.25, 0.3) is 6.08 Å². The van der Waals surface area contributed by atoms with Crippen LogP contribution in [-0.4, -0.2) is 17.7 Å². The van der Waals surface area contributed by atoms with Gasteiger partial charge >= 0.3 is 5.97 Å². The van der Waals surface area contributed by atoms with Gasteiger partial charge in [0.2, 0.25) is 0 Å². The van der Waals surface area contributed by atoms with Gasteiger partial charge in [-0.15, -0.1) is 0 Å². The van der Waals surface area contributed by atoms with Crippen molar-refractivity contribution < 1.29 is 14.6 Å². The maximum atomic E-state index is 11.3. The average Bonchev–Trinajstić information content (AvgIpc) is 2.31. The smallest absolute Gasteiger partial charge is 0.330 e. The van der Waals surface area contributed by atoms with E-state index in [9.17, 15) is 9.90 Å². The minimum Gasteiger partial charge on any atom is -0.507 e. The maximum Gasteiger partial charge on any atom is 0.330 e. The van der Waals surface area contributed by atoms with E-state index in [4.69, 9.17) is 10.5 Å². The number of benzene rings is 1. The van der Waals surface area contributed by atoms with E-state index in [1.165, 1.54) is 18.2 Å². The number of phenols is 1. The SMILES string of the molecule is CCCCOC(=O)/C=C/c1cc(N)ccc1O. The van der Waals surface area contributed by atoms with Crippen LogP contribution in [0.3, 0.4) is 0 Å². The lowest BCUT2D eigenvalue weighted by atomic mass is 10.1. The fraction of sp³-hybridized carbons (Fsp3) is 0.308. The molecule has 92 valence electrons. The molecule has 0 atom stereocenters. The van der Waals surface area contributed by atoms with E-state index in [0.717, 1.165) is 12.8 Å². The number of nitrogen functional groups attached to an aromatic ring is 1. The Balaban J connectivity index is 2.57. The van der Waals surface area contributed by atoms with Crippen LogP contribution < -0.4 is 5.73 Å². The summed E-state index contributed by atoms with van der Waals surface area (Å²) in [4.78, 5) is 11.3. The number of esters is 1. The number of nitrogens with two attached hydrogens (primary N) is 1. The van der Waals surface area contributed by atoms with Crippen LogP contribution in [0.1, 0.15) is 25.3 Å². The Morgan fingerprint density at radius 2 is 2.29 bits per heavy atom. The molecule has 0 saturated carbocycles. The molecule has 0 heterocycles. The lowest BCUT2D eigenvalue weighted by Crippen LogP contribution is -2.01. The summed E-state index contributed by atoms with van der Waals surface area (Å²) in [5.41, 5.74) is 6.60. The zero-order valence-corrected chi connectivity index (χ0v) is 9.85. The predicted octanol–water partition coefficient (Wildman–Crippen LogP) is 2.33. The highest BCUT2D eigenvalue weighted by atomic mass is 16.5. The summed E-state index contributed by atoms with van der Waals surface area (Å²) in [5.74, 6) is -0.336. The third-order valence-corrected chi connectivity index (χ3v) is 2.19. The van der Waals surface area contributed by atoms with Gasteiger partial charge < -0.3 is 15.6 Å². The van der Waals surface area contributed by atoms with Gasteiger partial charge in [-0.2, -0.15) is 0 Å². The molecule has 0 aliphatic heterocycles. The number of aromatic hydroxyl groups is 1. The van der Waals surface area contributed by atoms with Crippen molar-refractivity contribution in [2.24, 2.45) is 0 Å². The zero-order valence-electron chi connectivity index (χ0n) is 9.85. The highest BCUT2D eigenvalue weighted by Gasteiger charge is 2.00. The lowest BCUT2D eigenvalue weighted by Gasteiger charge is -2.01. The van der Waals surface area contributed by atoms with E-state index >= 15 is 0 Å². The number of unbranched alkanes of at least 4 members (excludes halogenated alkanes) is 1. The van der Waals surface area contributed by atoms with Crippen LogP contribution in [0.2, 0.25) is 0 Å². The molecule has 0 aliphatic rings. The van der Waals surface area contributed by atoms with E-state index in [1.54, 1.807) is 12.1 Å². The molecule has 1 aromatic rings. The monoisotopic (exact) mass is 235 g/mol. The fourth-order valence-electron chi connectivity index (χ4n) is 1.23. The van der Waals surface area contributed by atoms with Crippen molar-refractivity contribution in [2.45, 2.75) is 19.8 Å². The topological polar surface area (TPSA) is 72.5 Å². The van der Waals surface area contributed by atoms with Gasteiger partial charge in [0, 0.05) is 17.3 Å². The van der Waals surface area contributed by atoms with E-state index in [2.05, 4.69) is 0 Å². The van der Waals surface area contributed by atoms with Crippen molar-refractivity contribution in [2.75, 3.05) is 12.3 Å². The zero-order chi connectivity index (χ0) is 12.7. The first-order chi connectivity index (χ1) is 8.13. The first-order valence-electron chi connectivity index (χ1n) is 5.57. The molecule has 0 fully saturated rings. The van der Waals surface area contributed by atoms with Gasteiger partial charge in [0.05, 0.1) is 6.61 Å². The molecule has 4 nitrogen and oxygen atoms in total. The van der Waals surface area contributed by atoms with Crippen LogP contribution >= 0.6 is 0 Å². The molecule has 0 unspecified atom stereocenters. The summed E-state index contributed by atoms with van der Waals surface area (Å²) in [6.45, 7) is 2.44. The van der Waals surface area contributed by atoms with Crippen molar-refractivity contribution in [1.82, 2.24) is 0 Å². The highest BCUT2D eigenvalue weighted by Crippen LogP contribution is 2.20. The Labute approximate surface area is 101 Å². The van der Waals surface area contributed by atoms with E-state index < -0.39 is 5.97 Å². The van der Waals surface area contributed by atoms with Crippen molar-refractivity contribution in [3.8, 4) is 5.75 Å². The molecule has 1 aromatic carbocycles. The summed E-state index contributed by atoms with van der Waals surface area (Å²) < 4.78 is 4.94. The molecule has 17 heavy (non-hydrogen) atoms. The molecule has 0 saturated heterocycles. The molecule has 0 aliphatic carbocycles. The van der Waals surface area contributed by atoms with Crippen LogP contribution in [-0.2, 0) is 9.53 Å². The molecule has 0 spiro atoms. The number of carbonyl (C=O) groups excluding carboxylic acids is 1. The standard InChI is InChI=1S/C13H17NO3/c1-2-3-8-17-13(16)7-4-10-9-11(14)5-6-12(10)15/h4-7,9,15H,2-3,8,14H2,1H3/b7-4+. The highest BCUT2D eigenvalue weighted by molar-refractivity contribution is 5.87. The normalized spacial score (nSPS) is 10.6. The molecule has 0 aromatic heterocycles. The van der Waals surface area contributed by atoms with Gasteiger partial charge in [-0.1, -0.05) is 13.3 Å². The Bertz CT molecular complexity index is 413. The quantitative estimate of drug-likeness (QED) is 0.270. The van der Waals surface area contributed by atoms with E-state index in [0.29, 0.717) is 17.9 Å². The molecule has 0 bridgehead atoms. The number of anilines is 1. The summed E-state index contributed by atoms with van der Waals surface area (Å²) in [7, 11) is 0. The van der Waals surface area contributed by atoms with Gasteiger partial charge in [-0.3, -0.25) is 0 Å². The van der Waals surface area contributed by atoms with Crippen molar-refractivity contribution in [3.63, 3.8) is 0 Å². The largest absolute Gasteiger partial charge is 0.507 e. The average molecular weight is 235 g/mol. The third kappa shape index (κ3) is 4.59. The maximum absolute atomic E-state index is 11.3. The lowest BCUT2D eigenvalue weighted by molar-refractivity contribution is -0.137. The predicted molar refractivity (Wildman–Crippen MR) is 67.4 cm³/mol. The molecule has 0 radical (unpaired) electrons. The van der Waals surface area contributed by atoms with Gasteiger partial charge in [-0.25, -0.2) is 4.79 Å². The summed E-state index contributed by atoms with van der Waals surface area (Å²) in [6.07, 6.45) is 4.60. The van der Waals surface area contributed by atoms with Crippen LogP contribution in [0.4, 0.5) is 5.69 Å². The Kier molecular flexibility index (Phi) is 5.07. The van der Waals surface area contributed by atoms with Crippen LogP contribution in [0.5, 0.6) is 5.75 Å². The van der Waals surface area contributed by atoms with Crippen LogP contribution in [0, 0.1) is 0 Å². The third-order valence-electron chi connectivity index (χ3n) is 2.19. The number of hydrogen-bond donors (Lipinski definition) is 2. The molecule has 0 amide bonds. The molecular weight excluding hydrogens is 218 g/mol. The fourth-order valence-corrected chi connectivity index (χ4v) is 1.23. The number of rotatable bonds is 5. The summed E-state index contributed by atoms with van der Waals surface area (Å²) >= 11 is 0. The second-order valence-corrected chi connectivity index (χ2v) is 3.67. The second-order valence-electron chi connectivity index (χ2n) is 3.67. The summed E-state index contributed by atoms with van der Waals surface area (Å²) in [5, 5.41) is 9.50. The number of phenolic OH excluding ortho intramolecular Hbond substituents is 1. The van der Waals surface area contributed by atoms with Crippen molar-refractivity contribution >= 4 is 17.7 Å². The van der Waals surface area contributed by atoms with E-state index in [-0.39, 0.29) is 5.75 Å². The van der Waals surface area contributed by atoms with Crippen molar-refractivity contribution in [3.05, 3.63) is 29.8 Å². The van der Waals surface area contributed by atoms with Gasteiger partial charge in [0.1, 0.15) is 5.75 Å².